The largest absolute Gasteiger partial charge is 0.480 e. The monoisotopic (exact) mass is 547 g/mol. The molecular weight excluding hydrogens is 512 g/mol. The molecule has 1 N–H and O–H groups in total. The maximum absolute atomic E-state index is 14.3. The van der Waals surface area contributed by atoms with Crippen LogP contribution in [0.25, 0.3) is 0 Å². The summed E-state index contributed by atoms with van der Waals surface area (Å²) in [4.78, 5) is 33.8. The van der Waals surface area contributed by atoms with E-state index >= 15 is 0 Å². The summed E-state index contributed by atoms with van der Waals surface area (Å²) in [7, 11) is -4.52. The van der Waals surface area contributed by atoms with Gasteiger partial charge >= 0.3 is 12.4 Å². The van der Waals surface area contributed by atoms with E-state index in [9.17, 15) is 33.2 Å². The summed E-state index contributed by atoms with van der Waals surface area (Å²) in [6.07, 6.45) is -1.03. The number of aliphatic carboxylic acids is 1. The van der Waals surface area contributed by atoms with Crippen LogP contribution in [0.15, 0.2) is 35.2 Å². The number of nitro groups is 1. The van der Waals surface area contributed by atoms with Crippen molar-refractivity contribution in [1.82, 2.24) is 0 Å². The summed E-state index contributed by atoms with van der Waals surface area (Å²) in [5.41, 5.74) is 1.76. The van der Waals surface area contributed by atoms with Crippen molar-refractivity contribution in [1.29, 1.82) is 0 Å². The van der Waals surface area contributed by atoms with Gasteiger partial charge in [0.05, 0.1) is 21.1 Å². The number of hydrogen-bond acceptors (Lipinski definition) is 7. The highest BCUT2D eigenvalue weighted by molar-refractivity contribution is 7.93. The molecule has 0 aliphatic rings. The van der Waals surface area contributed by atoms with Gasteiger partial charge in [0.2, 0.25) is 0 Å². The minimum atomic E-state index is -4.52. The van der Waals surface area contributed by atoms with Gasteiger partial charge in [-0.3, -0.25) is 14.4 Å². The Morgan fingerprint density at radius 1 is 0.947 bits per heavy atom. The van der Waals surface area contributed by atoms with Crippen molar-refractivity contribution in [3.63, 3.8) is 0 Å². The summed E-state index contributed by atoms with van der Waals surface area (Å²) in [5.74, 6) is -1.53. The number of carboxylic acids is 1. The van der Waals surface area contributed by atoms with Gasteiger partial charge in [-0.1, -0.05) is 47.6 Å². The minimum absolute atomic E-state index is 0.00803. The Morgan fingerprint density at radius 2 is 1.50 bits per heavy atom. The van der Waals surface area contributed by atoms with Gasteiger partial charge in [-0.2, -0.15) is 0 Å². The molecule has 1 unspecified atom stereocenters. The summed E-state index contributed by atoms with van der Waals surface area (Å²) >= 11 is 0. The number of anilines is 1. The molecule has 10 nitrogen and oxygen atoms in total. The molecular formula is C27H35N2O8S. The van der Waals surface area contributed by atoms with E-state index in [1.54, 1.807) is 6.07 Å². The lowest BCUT2D eigenvalue weighted by Crippen LogP contribution is -2.44. The molecule has 1 radical (unpaired) electrons. The molecule has 0 bridgehead atoms. The number of carbonyl (C=O) groups is 1. The number of nitrogens with zero attached hydrogens (tertiary/aromatic N) is 2. The van der Waals surface area contributed by atoms with Gasteiger partial charge in [-0.15, -0.1) is 0 Å². The van der Waals surface area contributed by atoms with E-state index in [-0.39, 0.29) is 33.9 Å². The number of carbonyl (C=O) groups excluding carboxylic acids is 1. The van der Waals surface area contributed by atoms with Gasteiger partial charge in [-0.25, -0.2) is 18.0 Å². The van der Waals surface area contributed by atoms with Crippen LogP contribution >= 0.6 is 0 Å². The summed E-state index contributed by atoms with van der Waals surface area (Å²) in [6.45, 7) is 15.6. The van der Waals surface area contributed by atoms with Gasteiger partial charge in [0.15, 0.2) is 0 Å². The van der Waals surface area contributed by atoms with E-state index in [4.69, 9.17) is 4.74 Å². The minimum Gasteiger partial charge on any atom is -0.480 e. The molecule has 0 amide bonds. The van der Waals surface area contributed by atoms with E-state index in [1.807, 2.05) is 41.5 Å². The van der Waals surface area contributed by atoms with Crippen LogP contribution in [-0.2, 0) is 24.3 Å². The smallest absolute Gasteiger partial charge is 0.418 e. The van der Waals surface area contributed by atoms with Crippen LogP contribution in [0.3, 0.4) is 0 Å². The number of carboxylic acid groups (broad SMARTS) is 1. The maximum atomic E-state index is 14.3. The van der Waals surface area contributed by atoms with Crippen molar-refractivity contribution < 1.29 is 32.8 Å². The van der Waals surface area contributed by atoms with Crippen molar-refractivity contribution in [3.05, 3.63) is 62.7 Å². The molecule has 0 heterocycles. The lowest BCUT2D eigenvalue weighted by atomic mass is 9.83. The number of ether oxygens (including phenoxy) is 1. The topological polar surface area (TPSA) is 144 Å². The van der Waals surface area contributed by atoms with Crippen molar-refractivity contribution in [2.24, 2.45) is 0 Å². The standard InChI is InChI=1S/C27H35N2O8S/c1-15(2)21-11-12-24(26(17(5)6)25(21)16(3)4)38(35,36)28(18(7)27(31)32)20-9-10-22(19(8)37-14-30)23(13-20)29(33)34/h9-13,15-19H,1-8H3,(H,31,32)/t18-,19?/m0/s1. The molecule has 0 saturated carbocycles. The first-order chi connectivity index (χ1) is 17.6. The van der Waals surface area contributed by atoms with Crippen LogP contribution < -0.4 is 4.31 Å². The molecule has 2 atom stereocenters. The summed E-state index contributed by atoms with van der Waals surface area (Å²) < 4.78 is 34.0. The molecule has 0 fully saturated rings. The fourth-order valence-corrected chi connectivity index (χ4v) is 6.66. The second kappa shape index (κ2) is 11.9. The van der Waals surface area contributed by atoms with E-state index in [1.165, 1.54) is 38.5 Å². The molecule has 0 spiro atoms. The first-order valence-corrected chi connectivity index (χ1v) is 13.8. The molecule has 2 rings (SSSR count). The molecule has 2 aromatic carbocycles. The quantitative estimate of drug-likeness (QED) is 0.260. The first kappa shape index (κ1) is 30.8. The SMILES string of the molecule is CC(C)c1ccc(S(=O)(=O)N(c2ccc(C(C)O[C]=O)c([N+](=O)[O-])c2)[C@@H](C)C(=O)O)c(C(C)C)c1C(C)C. The highest BCUT2D eigenvalue weighted by Gasteiger charge is 2.38. The van der Waals surface area contributed by atoms with Gasteiger partial charge in [0.1, 0.15) is 12.1 Å². The van der Waals surface area contributed by atoms with Crippen LogP contribution in [0.5, 0.6) is 0 Å². The van der Waals surface area contributed by atoms with E-state index in [2.05, 4.69) is 0 Å². The Balaban J connectivity index is 2.94. The predicted molar refractivity (Wildman–Crippen MR) is 144 cm³/mol. The van der Waals surface area contributed by atoms with Gasteiger partial charge < -0.3 is 9.84 Å². The number of rotatable bonds is 12. The van der Waals surface area contributed by atoms with Crippen LogP contribution in [0.2, 0.25) is 0 Å². The van der Waals surface area contributed by atoms with E-state index in [0.29, 0.717) is 9.87 Å². The molecule has 0 aromatic heterocycles. The molecule has 38 heavy (non-hydrogen) atoms. The normalized spacial score (nSPS) is 13.4. The van der Waals surface area contributed by atoms with Crippen LogP contribution in [0.1, 0.15) is 102 Å². The molecule has 11 heteroatoms. The third kappa shape index (κ3) is 5.98. The third-order valence-electron chi connectivity index (χ3n) is 6.43. The second-order valence-corrected chi connectivity index (χ2v) is 11.9. The van der Waals surface area contributed by atoms with Crippen molar-refractivity contribution in [2.45, 2.75) is 90.2 Å². The van der Waals surface area contributed by atoms with Gasteiger partial charge in [-0.05, 0) is 66.5 Å². The fourth-order valence-electron chi connectivity index (χ4n) is 4.68. The fraction of sp³-hybridized carbons (Fsp3) is 0.481. The molecule has 2 aromatic rings. The summed E-state index contributed by atoms with van der Waals surface area (Å²) in [6, 6.07) is 5.16. The van der Waals surface area contributed by atoms with E-state index in [0.717, 1.165) is 17.2 Å². The zero-order valence-corrected chi connectivity index (χ0v) is 23.7. The van der Waals surface area contributed by atoms with Gasteiger partial charge in [0, 0.05) is 6.07 Å². The lowest BCUT2D eigenvalue weighted by Gasteiger charge is -2.31. The molecule has 207 valence electrons. The zero-order chi connectivity index (χ0) is 29.1. The van der Waals surface area contributed by atoms with Crippen LogP contribution in [0.4, 0.5) is 11.4 Å². The van der Waals surface area contributed by atoms with Crippen molar-refractivity contribution in [2.75, 3.05) is 4.31 Å². The molecule has 0 aliphatic carbocycles. The Bertz CT molecular complexity index is 1320. The lowest BCUT2D eigenvalue weighted by molar-refractivity contribution is -0.386. The number of sulfonamides is 1. The Kier molecular flexibility index (Phi) is 9.66. The van der Waals surface area contributed by atoms with Crippen LogP contribution in [0, 0.1) is 10.1 Å². The first-order valence-electron chi connectivity index (χ1n) is 12.3. The van der Waals surface area contributed by atoms with E-state index < -0.39 is 38.7 Å². The Labute approximate surface area is 223 Å². The molecule has 0 saturated heterocycles. The average molecular weight is 548 g/mol. The molecule has 0 aliphatic heterocycles. The third-order valence-corrected chi connectivity index (χ3v) is 8.39. The highest BCUT2D eigenvalue weighted by Crippen LogP contribution is 2.40. The second-order valence-electron chi connectivity index (χ2n) is 10.1. The predicted octanol–water partition coefficient (Wildman–Crippen LogP) is 5.78. The summed E-state index contributed by atoms with van der Waals surface area (Å²) in [5, 5.41) is 21.7. The Hall–Kier alpha value is -3.47. The number of benzene rings is 2. The highest BCUT2D eigenvalue weighted by atomic mass is 32.2. The number of hydrogen-bond donors (Lipinski definition) is 1. The van der Waals surface area contributed by atoms with Crippen LogP contribution in [-0.4, -0.2) is 36.9 Å². The number of nitro benzene ring substituents is 1. The van der Waals surface area contributed by atoms with Crippen molar-refractivity contribution in [3.8, 4) is 0 Å². The average Bonchev–Trinajstić information content (AvgIpc) is 2.82. The maximum Gasteiger partial charge on any atom is 0.418 e. The Morgan fingerprint density at radius 3 is 1.95 bits per heavy atom. The van der Waals surface area contributed by atoms with Crippen molar-refractivity contribution >= 4 is 33.8 Å². The van der Waals surface area contributed by atoms with Gasteiger partial charge in [0.25, 0.3) is 15.7 Å². The zero-order valence-electron chi connectivity index (χ0n) is 22.9.